The van der Waals surface area contributed by atoms with Crippen LogP contribution in [0.5, 0.6) is 0 Å². The van der Waals surface area contributed by atoms with Gasteiger partial charge < -0.3 is 10.2 Å². The van der Waals surface area contributed by atoms with Crippen LogP contribution < -0.4 is 5.32 Å². The van der Waals surface area contributed by atoms with Crippen molar-refractivity contribution < 1.29 is 0 Å². The number of hydrogen-bond acceptors (Lipinski definition) is 2. The maximum absolute atomic E-state index is 5.96. The fourth-order valence-corrected chi connectivity index (χ4v) is 4.08. The number of halogens is 1. The van der Waals surface area contributed by atoms with Crippen molar-refractivity contribution in [1.29, 1.82) is 0 Å². The summed E-state index contributed by atoms with van der Waals surface area (Å²) in [4.78, 5) is 2.62. The van der Waals surface area contributed by atoms with Crippen LogP contribution in [0.25, 0.3) is 0 Å². The molecule has 0 spiro atoms. The van der Waals surface area contributed by atoms with E-state index in [1.165, 1.54) is 37.7 Å². The molecule has 3 rings (SSSR count). The summed E-state index contributed by atoms with van der Waals surface area (Å²) >= 11 is 5.96. The molecule has 2 heterocycles. The molecule has 2 saturated heterocycles. The molecule has 1 aromatic rings. The molecule has 20 heavy (non-hydrogen) atoms. The minimum atomic E-state index is 0.404. The van der Waals surface area contributed by atoms with Crippen LogP contribution in [0.3, 0.4) is 0 Å². The van der Waals surface area contributed by atoms with Crippen LogP contribution in [0.4, 0.5) is 0 Å². The first kappa shape index (κ1) is 14.4. The quantitative estimate of drug-likeness (QED) is 0.906. The minimum Gasteiger partial charge on any atom is -0.307 e. The van der Waals surface area contributed by atoms with Gasteiger partial charge in [0.2, 0.25) is 0 Å². The van der Waals surface area contributed by atoms with E-state index in [4.69, 9.17) is 11.6 Å². The summed E-state index contributed by atoms with van der Waals surface area (Å²) in [6, 6.07) is 10.9. The summed E-state index contributed by atoms with van der Waals surface area (Å²) < 4.78 is 0. The van der Waals surface area contributed by atoms with Crippen molar-refractivity contribution >= 4 is 11.6 Å². The Balaban J connectivity index is 1.62. The van der Waals surface area contributed by atoms with E-state index in [-0.39, 0.29) is 0 Å². The Hall–Kier alpha value is -0.570. The lowest BCUT2D eigenvalue weighted by Gasteiger charge is -2.47. The molecular weight excluding hydrogens is 268 g/mol. The Morgan fingerprint density at radius 3 is 2.35 bits per heavy atom. The molecule has 3 unspecified atom stereocenters. The van der Waals surface area contributed by atoms with Gasteiger partial charge in [0.1, 0.15) is 0 Å². The van der Waals surface area contributed by atoms with Gasteiger partial charge in [-0.05, 0) is 57.4 Å². The molecule has 3 atom stereocenters. The van der Waals surface area contributed by atoms with E-state index >= 15 is 0 Å². The Morgan fingerprint density at radius 2 is 1.75 bits per heavy atom. The summed E-state index contributed by atoms with van der Waals surface area (Å²) in [6.45, 7) is 2.26. The molecule has 2 bridgehead atoms. The molecule has 0 saturated carbocycles. The van der Waals surface area contributed by atoms with E-state index in [0.717, 1.165) is 17.1 Å². The smallest absolute Gasteiger partial charge is 0.0406 e. The fourth-order valence-electron chi connectivity index (χ4n) is 3.95. The van der Waals surface area contributed by atoms with Crippen molar-refractivity contribution in [2.45, 2.75) is 63.2 Å². The number of rotatable bonds is 3. The van der Waals surface area contributed by atoms with Gasteiger partial charge in [0, 0.05) is 29.2 Å². The predicted octanol–water partition coefficient (Wildman–Crippen LogP) is 4.01. The van der Waals surface area contributed by atoms with Gasteiger partial charge >= 0.3 is 0 Å². The third-order valence-corrected chi connectivity index (χ3v) is 5.45. The van der Waals surface area contributed by atoms with Gasteiger partial charge in [-0.2, -0.15) is 0 Å². The molecule has 2 aliphatic heterocycles. The highest BCUT2D eigenvalue weighted by Crippen LogP contribution is 2.33. The number of benzene rings is 1. The summed E-state index contributed by atoms with van der Waals surface area (Å²) in [5.74, 6) is 0. The van der Waals surface area contributed by atoms with E-state index in [0.29, 0.717) is 12.1 Å². The van der Waals surface area contributed by atoms with Gasteiger partial charge in [0.25, 0.3) is 0 Å². The van der Waals surface area contributed by atoms with Crippen LogP contribution >= 0.6 is 11.6 Å². The Bertz CT molecular complexity index is 431. The van der Waals surface area contributed by atoms with Crippen LogP contribution in [-0.2, 0) is 0 Å². The van der Waals surface area contributed by atoms with Crippen molar-refractivity contribution in [2.24, 2.45) is 0 Å². The third kappa shape index (κ3) is 3.03. The van der Waals surface area contributed by atoms with E-state index in [1.807, 2.05) is 12.1 Å². The number of fused-ring (bicyclic) bond motifs is 2. The molecular formula is C17H25ClN2. The van der Waals surface area contributed by atoms with Crippen LogP contribution in [0.15, 0.2) is 24.3 Å². The zero-order valence-electron chi connectivity index (χ0n) is 12.5. The predicted molar refractivity (Wildman–Crippen MR) is 85.2 cm³/mol. The van der Waals surface area contributed by atoms with E-state index < -0.39 is 0 Å². The summed E-state index contributed by atoms with van der Waals surface area (Å²) in [5.41, 5.74) is 1.33. The average Bonchev–Trinajstić information content (AvgIpc) is 2.40. The van der Waals surface area contributed by atoms with Crippen molar-refractivity contribution in [3.63, 3.8) is 0 Å². The molecule has 1 N–H and O–H groups in total. The largest absolute Gasteiger partial charge is 0.307 e. The normalized spacial score (nSPS) is 32.0. The fraction of sp³-hybridized carbons (Fsp3) is 0.647. The monoisotopic (exact) mass is 292 g/mol. The van der Waals surface area contributed by atoms with Crippen LogP contribution in [0, 0.1) is 0 Å². The number of nitrogens with zero attached hydrogens (tertiary/aromatic N) is 1. The first-order chi connectivity index (χ1) is 9.63. The molecule has 0 aliphatic carbocycles. The maximum Gasteiger partial charge on any atom is 0.0406 e. The lowest BCUT2D eigenvalue weighted by atomic mass is 9.82. The zero-order chi connectivity index (χ0) is 14.1. The average molecular weight is 293 g/mol. The van der Waals surface area contributed by atoms with E-state index in [9.17, 15) is 0 Å². The maximum atomic E-state index is 5.96. The molecule has 0 amide bonds. The number of nitrogens with one attached hydrogen (secondary N) is 1. The van der Waals surface area contributed by atoms with Crippen molar-refractivity contribution in [3.05, 3.63) is 34.9 Å². The SMILES string of the molecule is CC(NC1CC2CCCC(C1)N2C)c1ccc(Cl)cc1. The molecule has 110 valence electrons. The second-order valence-electron chi connectivity index (χ2n) is 6.51. The van der Waals surface area contributed by atoms with Crippen LogP contribution in [0.2, 0.25) is 5.02 Å². The van der Waals surface area contributed by atoms with E-state index in [1.54, 1.807) is 0 Å². The Labute approximate surface area is 127 Å². The molecule has 2 fully saturated rings. The lowest BCUT2D eigenvalue weighted by Crippen LogP contribution is -2.54. The second-order valence-corrected chi connectivity index (χ2v) is 6.95. The number of piperidine rings is 2. The van der Waals surface area contributed by atoms with E-state index in [2.05, 4.69) is 36.3 Å². The first-order valence-electron chi connectivity index (χ1n) is 7.87. The number of hydrogen-bond donors (Lipinski definition) is 1. The molecule has 2 nitrogen and oxygen atoms in total. The third-order valence-electron chi connectivity index (χ3n) is 5.20. The standard InChI is InChI=1S/C17H25ClN2/c1-12(13-6-8-14(18)9-7-13)19-15-10-16-4-3-5-17(11-15)20(16)2/h6-9,12,15-17,19H,3-5,10-11H2,1-2H3. The first-order valence-corrected chi connectivity index (χ1v) is 8.24. The highest BCUT2D eigenvalue weighted by atomic mass is 35.5. The lowest BCUT2D eigenvalue weighted by molar-refractivity contribution is 0.0463. The topological polar surface area (TPSA) is 15.3 Å². The van der Waals surface area contributed by atoms with Crippen LogP contribution in [-0.4, -0.2) is 30.1 Å². The summed E-state index contributed by atoms with van der Waals surface area (Å²) in [6.07, 6.45) is 6.76. The van der Waals surface area contributed by atoms with Gasteiger partial charge in [-0.1, -0.05) is 30.2 Å². The highest BCUT2D eigenvalue weighted by Gasteiger charge is 2.36. The Morgan fingerprint density at radius 1 is 1.15 bits per heavy atom. The summed E-state index contributed by atoms with van der Waals surface area (Å²) in [7, 11) is 2.31. The molecule has 0 aromatic heterocycles. The molecule has 3 heteroatoms. The van der Waals surface area contributed by atoms with Crippen molar-refractivity contribution in [1.82, 2.24) is 10.2 Å². The van der Waals surface area contributed by atoms with Crippen molar-refractivity contribution in [2.75, 3.05) is 7.05 Å². The minimum absolute atomic E-state index is 0.404. The van der Waals surface area contributed by atoms with Gasteiger partial charge in [-0.25, -0.2) is 0 Å². The van der Waals surface area contributed by atoms with Crippen LogP contribution in [0.1, 0.15) is 50.6 Å². The summed E-state index contributed by atoms with van der Waals surface area (Å²) in [5, 5.41) is 4.65. The second kappa shape index (κ2) is 6.05. The van der Waals surface area contributed by atoms with Gasteiger partial charge in [0.15, 0.2) is 0 Å². The molecule has 1 aromatic carbocycles. The molecule has 0 radical (unpaired) electrons. The zero-order valence-corrected chi connectivity index (χ0v) is 13.2. The Kier molecular flexibility index (Phi) is 4.34. The molecule has 2 aliphatic rings. The highest BCUT2D eigenvalue weighted by molar-refractivity contribution is 6.30. The van der Waals surface area contributed by atoms with Gasteiger partial charge in [-0.15, -0.1) is 0 Å². The van der Waals surface area contributed by atoms with Gasteiger partial charge in [0.05, 0.1) is 0 Å². The van der Waals surface area contributed by atoms with Gasteiger partial charge in [-0.3, -0.25) is 0 Å². The van der Waals surface area contributed by atoms with Crippen molar-refractivity contribution in [3.8, 4) is 0 Å².